The third-order valence-electron chi connectivity index (χ3n) is 8.87. The average Bonchev–Trinajstić information content (AvgIpc) is 3.25. The van der Waals surface area contributed by atoms with Crippen molar-refractivity contribution in [2.75, 3.05) is 20.3 Å². The molecule has 2 N–H and O–H groups in total. The Hall–Kier alpha value is -2.15. The molecule has 0 radical (unpaired) electrons. The van der Waals surface area contributed by atoms with E-state index in [0.717, 1.165) is 47.5 Å². The molecule has 1 saturated heterocycles. The van der Waals surface area contributed by atoms with Gasteiger partial charge in [-0.25, -0.2) is 0 Å². The number of benzene rings is 1. The third-order valence-corrected chi connectivity index (χ3v) is 8.87. The van der Waals surface area contributed by atoms with Gasteiger partial charge in [-0.15, -0.1) is 0 Å². The van der Waals surface area contributed by atoms with Crippen molar-refractivity contribution in [3.8, 4) is 11.3 Å². The molecule has 2 aliphatic rings. The summed E-state index contributed by atoms with van der Waals surface area (Å²) in [6.45, 7) is 15.3. The number of hydrogen-bond acceptors (Lipinski definition) is 4. The van der Waals surface area contributed by atoms with Crippen LogP contribution in [0.4, 0.5) is 0 Å². The van der Waals surface area contributed by atoms with E-state index in [0.29, 0.717) is 25.2 Å². The zero-order chi connectivity index (χ0) is 28.2. The van der Waals surface area contributed by atoms with Crippen molar-refractivity contribution in [1.29, 1.82) is 0 Å². The van der Waals surface area contributed by atoms with Crippen LogP contribution < -0.4 is 10.6 Å². The van der Waals surface area contributed by atoms with E-state index >= 15 is 0 Å². The van der Waals surface area contributed by atoms with Gasteiger partial charge in [-0.05, 0) is 94.2 Å². The first-order chi connectivity index (χ1) is 18.6. The lowest BCUT2D eigenvalue weighted by molar-refractivity contribution is 0.0191. The summed E-state index contributed by atoms with van der Waals surface area (Å²) >= 11 is 0. The van der Waals surface area contributed by atoms with Crippen molar-refractivity contribution in [2.45, 2.75) is 117 Å². The van der Waals surface area contributed by atoms with Crippen molar-refractivity contribution < 1.29 is 14.3 Å². The monoisotopic (exact) mass is 537 g/mol. The van der Waals surface area contributed by atoms with Gasteiger partial charge in [-0.3, -0.25) is 4.79 Å². The highest BCUT2D eigenvalue weighted by molar-refractivity contribution is 5.97. The molecule has 4 rings (SSSR count). The number of carbonyl (C=O) groups excluding carboxylic acids is 1. The molecule has 6 nitrogen and oxygen atoms in total. The van der Waals surface area contributed by atoms with Gasteiger partial charge in [0.05, 0.1) is 11.2 Å². The summed E-state index contributed by atoms with van der Waals surface area (Å²) in [6.07, 6.45) is 8.22. The SMILES string of the molecule is COC(C)(C)c1cc(-c2cc(C(=O)NC3CCOCC3)c(C)n2CC2CCCCC2)cc(C(C)NC(C)C)c1. The summed E-state index contributed by atoms with van der Waals surface area (Å²) < 4.78 is 13.9. The van der Waals surface area contributed by atoms with Crippen LogP contribution in [-0.4, -0.2) is 42.9 Å². The van der Waals surface area contributed by atoms with E-state index < -0.39 is 5.60 Å². The molecule has 216 valence electrons. The summed E-state index contributed by atoms with van der Waals surface area (Å²) in [7, 11) is 1.77. The van der Waals surface area contributed by atoms with Crippen molar-refractivity contribution >= 4 is 5.91 Å². The number of ether oxygens (including phenoxy) is 2. The van der Waals surface area contributed by atoms with E-state index in [1.54, 1.807) is 7.11 Å². The number of nitrogens with zero attached hydrogens (tertiary/aromatic N) is 1. The van der Waals surface area contributed by atoms with Crippen molar-refractivity contribution in [1.82, 2.24) is 15.2 Å². The topological polar surface area (TPSA) is 64.5 Å². The fourth-order valence-electron chi connectivity index (χ4n) is 6.19. The highest BCUT2D eigenvalue weighted by Crippen LogP contribution is 2.36. The molecule has 0 spiro atoms. The number of hydrogen-bond donors (Lipinski definition) is 2. The Morgan fingerprint density at radius 2 is 1.74 bits per heavy atom. The van der Waals surface area contributed by atoms with E-state index in [4.69, 9.17) is 9.47 Å². The lowest BCUT2D eigenvalue weighted by Crippen LogP contribution is -2.39. The lowest BCUT2D eigenvalue weighted by atomic mass is 9.89. The first-order valence-corrected chi connectivity index (χ1v) is 15.1. The highest BCUT2D eigenvalue weighted by Gasteiger charge is 2.27. The molecule has 1 aliphatic heterocycles. The minimum atomic E-state index is -0.429. The predicted molar refractivity (Wildman–Crippen MR) is 159 cm³/mol. The Balaban J connectivity index is 1.79. The molecule has 2 aromatic rings. The number of nitrogens with one attached hydrogen (secondary N) is 2. The quantitative estimate of drug-likeness (QED) is 0.346. The number of methoxy groups -OCH3 is 1. The standard InChI is InChI=1S/C33H51N3O3/c1-22(2)34-23(3)26-17-27(19-28(18-26)33(5,6)38-7)31-20-30(32(37)35-29-13-15-39-16-14-29)24(4)36(31)21-25-11-9-8-10-12-25/h17-20,22-23,25,29,34H,8-16,21H2,1-7H3,(H,35,37). The van der Waals surface area contributed by atoms with Gasteiger partial charge >= 0.3 is 0 Å². The summed E-state index contributed by atoms with van der Waals surface area (Å²) in [5.41, 5.74) is 6.08. The Kier molecular flexibility index (Phi) is 9.95. The molecule has 1 aliphatic carbocycles. The fourth-order valence-corrected chi connectivity index (χ4v) is 6.19. The van der Waals surface area contributed by atoms with E-state index in [2.05, 4.69) is 81.0 Å². The summed E-state index contributed by atoms with van der Waals surface area (Å²) in [6, 6.07) is 9.72. The van der Waals surface area contributed by atoms with Crippen LogP contribution in [0.1, 0.15) is 113 Å². The first kappa shape index (κ1) is 29.8. The van der Waals surface area contributed by atoms with E-state index in [-0.39, 0.29) is 18.0 Å². The van der Waals surface area contributed by atoms with E-state index in [1.807, 2.05) is 0 Å². The lowest BCUT2D eigenvalue weighted by Gasteiger charge is -2.28. The molecule has 6 heteroatoms. The second-order valence-electron chi connectivity index (χ2n) is 12.6. The normalized spacial score (nSPS) is 18.5. The molecule has 1 aromatic heterocycles. The Bertz CT molecular complexity index is 1110. The molecule has 39 heavy (non-hydrogen) atoms. The molecule has 1 atom stereocenters. The molecule has 1 amide bonds. The largest absolute Gasteiger partial charge is 0.381 e. The molecular weight excluding hydrogens is 486 g/mol. The second-order valence-corrected chi connectivity index (χ2v) is 12.6. The maximum Gasteiger partial charge on any atom is 0.253 e. The van der Waals surface area contributed by atoms with Crippen LogP contribution >= 0.6 is 0 Å². The number of carbonyl (C=O) groups is 1. The number of rotatable bonds is 10. The van der Waals surface area contributed by atoms with Crippen LogP contribution in [0.15, 0.2) is 24.3 Å². The number of amides is 1. The molecular formula is C33H51N3O3. The Morgan fingerprint density at radius 3 is 2.38 bits per heavy atom. The average molecular weight is 538 g/mol. The third kappa shape index (κ3) is 7.33. The molecule has 1 aromatic carbocycles. The van der Waals surface area contributed by atoms with Crippen LogP contribution in [0.3, 0.4) is 0 Å². The summed E-state index contributed by atoms with van der Waals surface area (Å²) in [5.74, 6) is 0.682. The second kappa shape index (κ2) is 13.0. The van der Waals surface area contributed by atoms with Crippen molar-refractivity contribution in [3.05, 3.63) is 46.6 Å². The minimum Gasteiger partial charge on any atom is -0.381 e. The highest BCUT2D eigenvalue weighted by atomic mass is 16.5. The predicted octanol–water partition coefficient (Wildman–Crippen LogP) is 6.89. The van der Waals surface area contributed by atoms with Gasteiger partial charge in [-0.2, -0.15) is 0 Å². The minimum absolute atomic E-state index is 0.0338. The van der Waals surface area contributed by atoms with Gasteiger partial charge in [-0.1, -0.05) is 39.2 Å². The van der Waals surface area contributed by atoms with E-state index in [1.165, 1.54) is 37.7 Å². The van der Waals surface area contributed by atoms with Crippen LogP contribution in [0, 0.1) is 12.8 Å². The van der Waals surface area contributed by atoms with E-state index in [9.17, 15) is 4.79 Å². The molecule has 2 heterocycles. The summed E-state index contributed by atoms with van der Waals surface area (Å²) in [5, 5.41) is 6.98. The Morgan fingerprint density at radius 1 is 1.05 bits per heavy atom. The smallest absolute Gasteiger partial charge is 0.253 e. The van der Waals surface area contributed by atoms with Gasteiger partial charge in [0.2, 0.25) is 0 Å². The molecule has 1 unspecified atom stereocenters. The van der Waals surface area contributed by atoms with Gasteiger partial charge in [0.15, 0.2) is 0 Å². The van der Waals surface area contributed by atoms with Crippen LogP contribution in [0.25, 0.3) is 11.3 Å². The van der Waals surface area contributed by atoms with Gasteiger partial charge in [0.25, 0.3) is 5.91 Å². The summed E-state index contributed by atoms with van der Waals surface area (Å²) in [4.78, 5) is 13.6. The fraction of sp³-hybridized carbons (Fsp3) is 0.667. The van der Waals surface area contributed by atoms with Crippen LogP contribution in [0.5, 0.6) is 0 Å². The molecule has 2 fully saturated rings. The van der Waals surface area contributed by atoms with Crippen molar-refractivity contribution in [2.24, 2.45) is 5.92 Å². The maximum atomic E-state index is 13.6. The Labute approximate surface area is 236 Å². The van der Waals surface area contributed by atoms with Gasteiger partial charge < -0.3 is 24.7 Å². The first-order valence-electron chi connectivity index (χ1n) is 15.1. The van der Waals surface area contributed by atoms with Crippen LogP contribution in [-0.2, 0) is 21.6 Å². The molecule has 1 saturated carbocycles. The van der Waals surface area contributed by atoms with Crippen molar-refractivity contribution in [3.63, 3.8) is 0 Å². The zero-order valence-corrected chi connectivity index (χ0v) is 25.4. The van der Waals surface area contributed by atoms with Gasteiger partial charge in [0, 0.05) is 56.4 Å². The zero-order valence-electron chi connectivity index (χ0n) is 25.4. The maximum absolute atomic E-state index is 13.6. The van der Waals surface area contributed by atoms with Crippen LogP contribution in [0.2, 0.25) is 0 Å². The van der Waals surface area contributed by atoms with Gasteiger partial charge in [0.1, 0.15) is 0 Å². The molecule has 0 bridgehead atoms. The number of aromatic nitrogens is 1.